The van der Waals surface area contributed by atoms with Gasteiger partial charge in [-0.1, -0.05) is 6.92 Å². The van der Waals surface area contributed by atoms with E-state index in [0.717, 1.165) is 6.26 Å². The van der Waals surface area contributed by atoms with Gasteiger partial charge in [0, 0.05) is 41.1 Å². The molecule has 0 fully saturated rings. The number of aliphatic hydroxyl groups is 1. The van der Waals surface area contributed by atoms with Crippen LogP contribution in [0.1, 0.15) is 30.1 Å². The van der Waals surface area contributed by atoms with Gasteiger partial charge in [0.2, 0.25) is 10.0 Å². The van der Waals surface area contributed by atoms with Gasteiger partial charge >= 0.3 is 0 Å². The Labute approximate surface area is 182 Å². The largest absolute Gasteiger partial charge is 0.455 e. The van der Waals surface area contributed by atoms with E-state index in [-0.39, 0.29) is 31.8 Å². The Balaban J connectivity index is 2.26. The minimum Gasteiger partial charge on any atom is -0.455 e. The number of carbonyl (C=O) groups is 1. The molecule has 3 rings (SSSR count). The van der Waals surface area contributed by atoms with Gasteiger partial charge in [-0.05, 0) is 52.7 Å². The third-order valence-corrected chi connectivity index (χ3v) is 6.47. The molecule has 160 valence electrons. The number of Topliss-reactive ketones (excluding diaryl/α,β-unsaturated/α-hetero) is 1. The molecular weight excluding hydrogens is 477 g/mol. The summed E-state index contributed by atoms with van der Waals surface area (Å²) >= 11 is 3.41. The number of ketones is 1. The summed E-state index contributed by atoms with van der Waals surface area (Å²) in [6.07, 6.45) is 1.59. The fourth-order valence-corrected chi connectivity index (χ4v) is 4.88. The molecule has 0 radical (unpaired) electrons. The fourth-order valence-electron chi connectivity index (χ4n) is 3.23. The first-order valence-electron chi connectivity index (χ1n) is 9.31. The van der Waals surface area contributed by atoms with Crippen LogP contribution in [0.4, 0.5) is 10.1 Å². The Morgan fingerprint density at radius 3 is 2.47 bits per heavy atom. The summed E-state index contributed by atoms with van der Waals surface area (Å²) in [6.45, 7) is 1.67. The fraction of sp³-hybridized carbons (Fsp3) is 0.286. The minimum atomic E-state index is -3.62. The molecular formula is C21H21BrFNO5S. The zero-order chi connectivity index (χ0) is 22.1. The lowest BCUT2D eigenvalue weighted by atomic mass is 10.0. The number of furan rings is 1. The average Bonchev–Trinajstić information content (AvgIpc) is 3.05. The molecule has 3 aromatic rings. The number of hydrogen-bond donors (Lipinski definition) is 1. The third-order valence-electron chi connectivity index (χ3n) is 4.65. The second-order valence-corrected chi connectivity index (χ2v) is 9.56. The molecule has 0 saturated carbocycles. The SMILES string of the molecule is CCC(=O)c1c(-c2ccc(F)cc2)oc2cc(N(CCCO)S(C)(=O)=O)c(Br)cc12. The summed E-state index contributed by atoms with van der Waals surface area (Å²) in [4.78, 5) is 12.7. The molecule has 30 heavy (non-hydrogen) atoms. The van der Waals surface area contributed by atoms with Crippen LogP contribution in [-0.2, 0) is 10.0 Å². The molecule has 1 aromatic heterocycles. The highest BCUT2D eigenvalue weighted by molar-refractivity contribution is 9.10. The third kappa shape index (κ3) is 4.43. The van der Waals surface area contributed by atoms with Crippen LogP contribution in [0.25, 0.3) is 22.3 Å². The Kier molecular flexibility index (Phi) is 6.64. The van der Waals surface area contributed by atoms with Crippen molar-refractivity contribution in [1.29, 1.82) is 0 Å². The smallest absolute Gasteiger partial charge is 0.232 e. The van der Waals surface area contributed by atoms with Crippen molar-refractivity contribution < 1.29 is 27.1 Å². The van der Waals surface area contributed by atoms with Crippen LogP contribution in [0.3, 0.4) is 0 Å². The average molecular weight is 498 g/mol. The topological polar surface area (TPSA) is 87.8 Å². The maximum Gasteiger partial charge on any atom is 0.232 e. The van der Waals surface area contributed by atoms with Gasteiger partial charge in [-0.2, -0.15) is 0 Å². The zero-order valence-electron chi connectivity index (χ0n) is 16.5. The Hall–Kier alpha value is -2.23. The van der Waals surface area contributed by atoms with E-state index >= 15 is 0 Å². The van der Waals surface area contributed by atoms with E-state index in [1.54, 1.807) is 19.1 Å². The summed E-state index contributed by atoms with van der Waals surface area (Å²) < 4.78 is 45.6. The van der Waals surface area contributed by atoms with Gasteiger partial charge in [-0.15, -0.1) is 0 Å². The predicted octanol–water partition coefficient (Wildman–Crippen LogP) is 4.74. The van der Waals surface area contributed by atoms with Crippen molar-refractivity contribution in [2.75, 3.05) is 23.7 Å². The number of sulfonamides is 1. The number of nitrogens with zero attached hydrogens (tertiary/aromatic N) is 1. The second kappa shape index (κ2) is 8.87. The van der Waals surface area contributed by atoms with E-state index in [4.69, 9.17) is 9.52 Å². The summed E-state index contributed by atoms with van der Waals surface area (Å²) in [5.74, 6) is -0.244. The predicted molar refractivity (Wildman–Crippen MR) is 118 cm³/mol. The quantitative estimate of drug-likeness (QED) is 0.454. The summed E-state index contributed by atoms with van der Waals surface area (Å²) in [6, 6.07) is 8.83. The maximum atomic E-state index is 13.4. The number of rotatable bonds is 8. The van der Waals surface area contributed by atoms with Crippen LogP contribution >= 0.6 is 15.9 Å². The molecule has 1 N–H and O–H groups in total. The monoisotopic (exact) mass is 497 g/mol. The number of aliphatic hydroxyl groups excluding tert-OH is 1. The van der Waals surface area contributed by atoms with Crippen LogP contribution in [-0.4, -0.2) is 38.7 Å². The van der Waals surface area contributed by atoms with E-state index in [9.17, 15) is 17.6 Å². The zero-order valence-corrected chi connectivity index (χ0v) is 18.9. The molecule has 0 bridgehead atoms. The number of benzene rings is 2. The molecule has 9 heteroatoms. The number of fused-ring (bicyclic) bond motifs is 1. The first-order valence-corrected chi connectivity index (χ1v) is 11.9. The van der Waals surface area contributed by atoms with Gasteiger partial charge in [0.25, 0.3) is 0 Å². The lowest BCUT2D eigenvalue weighted by Gasteiger charge is -2.23. The van der Waals surface area contributed by atoms with Crippen LogP contribution in [0.15, 0.2) is 45.3 Å². The number of anilines is 1. The lowest BCUT2D eigenvalue weighted by molar-refractivity contribution is 0.0989. The Morgan fingerprint density at radius 1 is 1.23 bits per heavy atom. The number of hydrogen-bond acceptors (Lipinski definition) is 5. The standard InChI is InChI=1S/C21H21BrFNO5S/c1-3-18(26)20-15-11-16(22)17(24(9-4-10-25)30(2,27)28)12-19(15)29-21(20)13-5-7-14(23)8-6-13/h5-8,11-12,25H,3-4,9-10H2,1-2H3. The van der Waals surface area contributed by atoms with E-state index in [0.29, 0.717) is 38.0 Å². The van der Waals surface area contributed by atoms with Crippen molar-refractivity contribution in [1.82, 2.24) is 0 Å². The minimum absolute atomic E-state index is 0.0890. The van der Waals surface area contributed by atoms with Gasteiger partial charge in [0.15, 0.2) is 5.78 Å². The summed E-state index contributed by atoms with van der Waals surface area (Å²) in [5, 5.41) is 9.66. The van der Waals surface area contributed by atoms with Gasteiger partial charge in [-0.3, -0.25) is 9.10 Å². The molecule has 0 aliphatic rings. The van der Waals surface area contributed by atoms with E-state index in [1.165, 1.54) is 28.6 Å². The first kappa shape index (κ1) is 22.5. The second-order valence-electron chi connectivity index (χ2n) is 6.80. The van der Waals surface area contributed by atoms with Crippen LogP contribution in [0.2, 0.25) is 0 Å². The van der Waals surface area contributed by atoms with Crippen molar-refractivity contribution >= 4 is 48.4 Å². The molecule has 0 saturated heterocycles. The molecule has 0 aliphatic heterocycles. The Bertz CT molecular complexity index is 1190. The van der Waals surface area contributed by atoms with Crippen molar-refractivity contribution in [2.24, 2.45) is 0 Å². The first-order chi connectivity index (χ1) is 14.2. The highest BCUT2D eigenvalue weighted by Gasteiger charge is 2.25. The van der Waals surface area contributed by atoms with Crippen LogP contribution in [0, 0.1) is 5.82 Å². The van der Waals surface area contributed by atoms with Crippen molar-refractivity contribution in [3.05, 3.63) is 52.3 Å². The molecule has 2 aromatic carbocycles. The van der Waals surface area contributed by atoms with Gasteiger partial charge < -0.3 is 9.52 Å². The molecule has 0 amide bonds. The molecule has 1 heterocycles. The Morgan fingerprint density at radius 2 is 1.90 bits per heavy atom. The summed E-state index contributed by atoms with van der Waals surface area (Å²) in [7, 11) is -3.62. The maximum absolute atomic E-state index is 13.4. The van der Waals surface area contributed by atoms with Gasteiger partial charge in [-0.25, -0.2) is 12.8 Å². The van der Waals surface area contributed by atoms with Gasteiger partial charge in [0.05, 0.1) is 17.5 Å². The molecule has 6 nitrogen and oxygen atoms in total. The summed E-state index contributed by atoms with van der Waals surface area (Å²) in [5.41, 5.74) is 1.59. The van der Waals surface area contributed by atoms with Crippen LogP contribution < -0.4 is 4.31 Å². The molecule has 0 unspecified atom stereocenters. The van der Waals surface area contributed by atoms with E-state index in [2.05, 4.69) is 15.9 Å². The number of halogens is 2. The van der Waals surface area contributed by atoms with Gasteiger partial charge in [0.1, 0.15) is 17.2 Å². The molecule has 0 aliphatic carbocycles. The van der Waals surface area contributed by atoms with Crippen molar-refractivity contribution in [3.8, 4) is 11.3 Å². The highest BCUT2D eigenvalue weighted by Crippen LogP contribution is 2.40. The van der Waals surface area contributed by atoms with E-state index < -0.39 is 15.8 Å². The van der Waals surface area contributed by atoms with E-state index in [1.807, 2.05) is 0 Å². The number of carbonyl (C=O) groups excluding carboxylic acids is 1. The highest BCUT2D eigenvalue weighted by atomic mass is 79.9. The van der Waals surface area contributed by atoms with Crippen LogP contribution in [0.5, 0.6) is 0 Å². The van der Waals surface area contributed by atoms with Crippen molar-refractivity contribution in [2.45, 2.75) is 19.8 Å². The molecule has 0 spiro atoms. The normalized spacial score (nSPS) is 11.8. The molecule has 0 atom stereocenters. The lowest BCUT2D eigenvalue weighted by Crippen LogP contribution is -2.31. The van der Waals surface area contributed by atoms with Crippen molar-refractivity contribution in [3.63, 3.8) is 0 Å².